The van der Waals surface area contributed by atoms with Gasteiger partial charge in [-0.2, -0.15) is 5.26 Å². The number of thiazole rings is 1. The first-order valence-corrected chi connectivity index (χ1v) is 6.97. The van der Waals surface area contributed by atoms with Crippen LogP contribution in [-0.2, 0) is 0 Å². The number of rotatable bonds is 3. The molecule has 1 aromatic rings. The summed E-state index contributed by atoms with van der Waals surface area (Å²) in [5.41, 5.74) is 5.77. The second-order valence-corrected chi connectivity index (χ2v) is 5.64. The maximum atomic E-state index is 8.82. The van der Waals surface area contributed by atoms with Gasteiger partial charge in [0.1, 0.15) is 10.9 Å². The first-order valence-electron chi connectivity index (χ1n) is 5.77. The van der Waals surface area contributed by atoms with E-state index in [2.05, 4.69) is 10.3 Å². The third-order valence-corrected chi connectivity index (χ3v) is 4.48. The van der Waals surface area contributed by atoms with Gasteiger partial charge in [0.25, 0.3) is 0 Å². The molecule has 1 fully saturated rings. The Labute approximate surface area is 110 Å². The molecule has 1 aromatic heterocycles. The third-order valence-electron chi connectivity index (χ3n) is 3.21. The normalized spacial score (nSPS) is 24.3. The highest BCUT2D eigenvalue weighted by molar-refractivity contribution is 7.16. The van der Waals surface area contributed by atoms with E-state index in [1.165, 1.54) is 30.6 Å². The van der Waals surface area contributed by atoms with Gasteiger partial charge in [0.05, 0.1) is 0 Å². The minimum Gasteiger partial charge on any atom is -0.358 e. The Bertz CT molecular complexity index is 426. The van der Waals surface area contributed by atoms with Crippen LogP contribution in [0, 0.1) is 17.2 Å². The molecule has 0 bridgehead atoms. The summed E-state index contributed by atoms with van der Waals surface area (Å²) < 4.78 is 0. The molecule has 0 amide bonds. The van der Waals surface area contributed by atoms with E-state index in [4.69, 9.17) is 22.6 Å². The van der Waals surface area contributed by atoms with Gasteiger partial charge in [-0.05, 0) is 25.3 Å². The van der Waals surface area contributed by atoms with Gasteiger partial charge >= 0.3 is 0 Å². The van der Waals surface area contributed by atoms with E-state index in [9.17, 15) is 0 Å². The zero-order valence-corrected chi connectivity index (χ0v) is 11.0. The Morgan fingerprint density at radius 2 is 2.29 bits per heavy atom. The van der Waals surface area contributed by atoms with Crippen LogP contribution in [0.1, 0.15) is 30.6 Å². The number of nitriles is 1. The SMILES string of the molecule is N#Cc1sc(NC2CCCCC2CN)nc1Cl. The van der Waals surface area contributed by atoms with Crippen LogP contribution in [0.2, 0.25) is 5.15 Å². The molecule has 6 heteroatoms. The second-order valence-electron chi connectivity index (χ2n) is 4.28. The molecular formula is C11H15ClN4S. The maximum Gasteiger partial charge on any atom is 0.185 e. The fourth-order valence-corrected chi connectivity index (χ4v) is 3.28. The molecule has 92 valence electrons. The number of hydrogen-bond donors (Lipinski definition) is 2. The largest absolute Gasteiger partial charge is 0.358 e. The predicted octanol–water partition coefficient (Wildman–Crippen LogP) is 2.60. The van der Waals surface area contributed by atoms with Crippen LogP contribution in [0.5, 0.6) is 0 Å². The van der Waals surface area contributed by atoms with Crippen molar-refractivity contribution >= 4 is 28.1 Å². The summed E-state index contributed by atoms with van der Waals surface area (Å²) in [7, 11) is 0. The lowest BCUT2D eigenvalue weighted by Gasteiger charge is -2.31. The number of aromatic nitrogens is 1. The van der Waals surface area contributed by atoms with Gasteiger partial charge in [-0.3, -0.25) is 0 Å². The van der Waals surface area contributed by atoms with Crippen LogP contribution in [-0.4, -0.2) is 17.6 Å². The molecule has 0 aliphatic heterocycles. The quantitative estimate of drug-likeness (QED) is 0.885. The maximum absolute atomic E-state index is 8.82. The Morgan fingerprint density at radius 3 is 2.94 bits per heavy atom. The molecule has 1 aliphatic rings. The minimum absolute atomic E-state index is 0.292. The van der Waals surface area contributed by atoms with Crippen molar-refractivity contribution in [1.82, 2.24) is 4.98 Å². The molecule has 0 spiro atoms. The summed E-state index contributed by atoms with van der Waals surface area (Å²) in [5, 5.41) is 13.2. The van der Waals surface area contributed by atoms with Crippen LogP contribution in [0.25, 0.3) is 0 Å². The van der Waals surface area contributed by atoms with Gasteiger partial charge in [0, 0.05) is 6.04 Å². The van der Waals surface area contributed by atoms with E-state index in [1.54, 1.807) is 0 Å². The van der Waals surface area contributed by atoms with Gasteiger partial charge in [0.15, 0.2) is 10.3 Å². The average Bonchev–Trinajstić information content (AvgIpc) is 2.70. The Kier molecular flexibility index (Phi) is 4.21. The van der Waals surface area contributed by atoms with Gasteiger partial charge in [-0.15, -0.1) is 0 Å². The van der Waals surface area contributed by atoms with Crippen LogP contribution in [0.4, 0.5) is 5.13 Å². The Morgan fingerprint density at radius 1 is 1.53 bits per heavy atom. The number of halogens is 1. The van der Waals surface area contributed by atoms with Gasteiger partial charge in [-0.25, -0.2) is 4.98 Å². The van der Waals surface area contributed by atoms with Crippen molar-refractivity contribution in [2.75, 3.05) is 11.9 Å². The molecule has 0 saturated heterocycles. The number of nitrogens with one attached hydrogen (secondary N) is 1. The van der Waals surface area contributed by atoms with Crippen molar-refractivity contribution in [1.29, 1.82) is 5.26 Å². The number of nitrogens with zero attached hydrogens (tertiary/aromatic N) is 2. The van der Waals surface area contributed by atoms with E-state index in [1.807, 2.05) is 6.07 Å². The Balaban J connectivity index is 2.06. The van der Waals surface area contributed by atoms with E-state index in [-0.39, 0.29) is 0 Å². The summed E-state index contributed by atoms with van der Waals surface area (Å²) in [6, 6.07) is 2.40. The van der Waals surface area contributed by atoms with Crippen molar-refractivity contribution in [2.24, 2.45) is 11.7 Å². The molecular weight excluding hydrogens is 256 g/mol. The number of hydrogen-bond acceptors (Lipinski definition) is 5. The summed E-state index contributed by atoms with van der Waals surface area (Å²) >= 11 is 7.15. The number of anilines is 1. The van der Waals surface area contributed by atoms with Crippen molar-refractivity contribution in [3.63, 3.8) is 0 Å². The highest BCUT2D eigenvalue weighted by Gasteiger charge is 2.24. The molecule has 0 aromatic carbocycles. The molecule has 1 heterocycles. The zero-order valence-electron chi connectivity index (χ0n) is 9.45. The molecule has 4 nitrogen and oxygen atoms in total. The highest BCUT2D eigenvalue weighted by atomic mass is 35.5. The standard InChI is InChI=1S/C11H15ClN4S/c12-10-9(6-14)17-11(16-10)15-8-4-2-1-3-7(8)5-13/h7-8H,1-5,13H2,(H,15,16). The zero-order chi connectivity index (χ0) is 12.3. The predicted molar refractivity (Wildman–Crippen MR) is 70.3 cm³/mol. The molecule has 0 radical (unpaired) electrons. The average molecular weight is 271 g/mol. The molecule has 1 aliphatic carbocycles. The van der Waals surface area contributed by atoms with Crippen molar-refractivity contribution in [3.8, 4) is 6.07 Å². The summed E-state index contributed by atoms with van der Waals surface area (Å²) in [6.07, 6.45) is 4.75. The first-order chi connectivity index (χ1) is 8.24. The monoisotopic (exact) mass is 270 g/mol. The van der Waals surface area contributed by atoms with E-state index in [0.29, 0.717) is 28.5 Å². The van der Waals surface area contributed by atoms with E-state index < -0.39 is 0 Å². The molecule has 2 unspecified atom stereocenters. The van der Waals surface area contributed by atoms with Gasteiger partial charge < -0.3 is 11.1 Å². The van der Waals surface area contributed by atoms with E-state index in [0.717, 1.165) is 11.6 Å². The summed E-state index contributed by atoms with van der Waals surface area (Å²) in [4.78, 5) is 4.62. The van der Waals surface area contributed by atoms with Gasteiger partial charge in [0.2, 0.25) is 0 Å². The molecule has 17 heavy (non-hydrogen) atoms. The molecule has 3 N–H and O–H groups in total. The lowest BCUT2D eigenvalue weighted by molar-refractivity contribution is 0.332. The minimum atomic E-state index is 0.292. The van der Waals surface area contributed by atoms with Crippen LogP contribution in [0.3, 0.4) is 0 Å². The van der Waals surface area contributed by atoms with Gasteiger partial charge in [-0.1, -0.05) is 35.8 Å². The van der Waals surface area contributed by atoms with E-state index >= 15 is 0 Å². The topological polar surface area (TPSA) is 74.7 Å². The Hall–Kier alpha value is -0.830. The summed E-state index contributed by atoms with van der Waals surface area (Å²) in [6.45, 7) is 0.696. The smallest absolute Gasteiger partial charge is 0.185 e. The van der Waals surface area contributed by atoms with Crippen LogP contribution < -0.4 is 11.1 Å². The highest BCUT2D eigenvalue weighted by Crippen LogP contribution is 2.30. The molecule has 2 atom stereocenters. The third kappa shape index (κ3) is 2.89. The first kappa shape index (κ1) is 12.6. The van der Waals surface area contributed by atoms with Crippen LogP contribution in [0.15, 0.2) is 0 Å². The number of nitrogens with two attached hydrogens (primary N) is 1. The lowest BCUT2D eigenvalue weighted by Crippen LogP contribution is -2.36. The lowest BCUT2D eigenvalue weighted by atomic mass is 9.85. The van der Waals surface area contributed by atoms with Crippen LogP contribution >= 0.6 is 22.9 Å². The fraction of sp³-hybridized carbons (Fsp3) is 0.636. The van der Waals surface area contributed by atoms with Crippen molar-refractivity contribution in [2.45, 2.75) is 31.7 Å². The molecule has 2 rings (SSSR count). The van der Waals surface area contributed by atoms with Crippen molar-refractivity contribution in [3.05, 3.63) is 10.0 Å². The van der Waals surface area contributed by atoms with Crippen molar-refractivity contribution < 1.29 is 0 Å². The summed E-state index contributed by atoms with van der Waals surface area (Å²) in [5.74, 6) is 0.497. The fourth-order valence-electron chi connectivity index (χ4n) is 2.27. The molecule has 1 saturated carbocycles. The second kappa shape index (κ2) is 5.67.